The number of halogens is 2. The fourth-order valence-corrected chi connectivity index (χ4v) is 12.5. The Morgan fingerprint density at radius 1 is 0.920 bits per heavy atom. The van der Waals surface area contributed by atoms with Crippen molar-refractivity contribution in [2.24, 2.45) is 16.7 Å². The average Bonchev–Trinajstić information content (AvgIpc) is 4.18. The number of urea groups is 1. The number of rotatable bonds is 12. The van der Waals surface area contributed by atoms with E-state index in [1.165, 1.54) is 68.2 Å². The lowest BCUT2D eigenvalue weighted by atomic mass is 9.65. The Hall–Kier alpha value is -6.68. The number of ether oxygens (including phenoxy) is 2. The second-order valence-electron chi connectivity index (χ2n) is 22.4. The van der Waals surface area contributed by atoms with Gasteiger partial charge in [0, 0.05) is 107 Å². The maximum absolute atomic E-state index is 17.1. The van der Waals surface area contributed by atoms with Crippen molar-refractivity contribution in [1.29, 1.82) is 0 Å². The van der Waals surface area contributed by atoms with E-state index in [0.717, 1.165) is 65.0 Å². The number of methoxy groups -OCH3 is 1. The molecule has 16 nitrogen and oxygen atoms in total. The highest BCUT2D eigenvalue weighted by atomic mass is 19.1. The Bertz CT molecular complexity index is 3100. The fourth-order valence-electron chi connectivity index (χ4n) is 12.5. The van der Waals surface area contributed by atoms with Crippen LogP contribution in [0.2, 0.25) is 0 Å². The number of pyridine rings is 1. The number of benzene rings is 3. The predicted molar refractivity (Wildman–Crippen MR) is 280 cm³/mol. The van der Waals surface area contributed by atoms with Gasteiger partial charge < -0.3 is 39.3 Å². The Balaban J connectivity index is 0.696. The lowest BCUT2D eigenvalue weighted by Crippen LogP contribution is -2.50. The molecule has 1 spiro atoms. The third kappa shape index (κ3) is 10.3. The van der Waals surface area contributed by atoms with Crippen LogP contribution in [0.4, 0.5) is 25.1 Å². The smallest absolute Gasteiger partial charge is 0.328 e. The SMILES string of the molecule is C#Cc1c(F)ccc2cc(O)cc(-c3ncc4c(N5CCC[C@@](C)(O)C5)nc(OCC5(CN6CCN(CC7CCC8(CC7)CCN(C(=O)c7ccc(OC)c(N9CCC(=O)NC9=O)c7)CC8)CC6)CC5)nc4c3F)c12. The van der Waals surface area contributed by atoms with Crippen molar-refractivity contribution < 1.29 is 42.9 Å². The van der Waals surface area contributed by atoms with Crippen LogP contribution >= 0.6 is 0 Å². The zero-order valence-electron chi connectivity index (χ0n) is 42.8. The zero-order chi connectivity index (χ0) is 52.2. The number of nitrogens with one attached hydrogen (secondary N) is 1. The number of terminal acetylenes is 1. The molecule has 5 aromatic rings. The molecule has 4 saturated heterocycles. The topological polar surface area (TPSA) is 177 Å². The Labute approximate surface area is 435 Å². The molecule has 11 rings (SSSR count). The molecule has 3 N–H and O–H groups in total. The second-order valence-corrected chi connectivity index (χ2v) is 22.4. The van der Waals surface area contributed by atoms with Crippen LogP contribution < -0.4 is 24.6 Å². The number of β-amino-alcohol motifs (C(OH)–C–C–N with tert-alkyl or cyclic N) is 1. The van der Waals surface area contributed by atoms with Crippen LogP contribution in [-0.4, -0.2) is 149 Å². The van der Waals surface area contributed by atoms with Crippen LogP contribution in [0.3, 0.4) is 0 Å². The summed E-state index contributed by atoms with van der Waals surface area (Å²) in [5.41, 5.74) is 0.0322. The number of imide groups is 1. The summed E-state index contributed by atoms with van der Waals surface area (Å²) >= 11 is 0. The minimum atomic E-state index is -0.987. The minimum absolute atomic E-state index is 0.0218. The quantitative estimate of drug-likeness (QED) is 0.105. The van der Waals surface area contributed by atoms with E-state index in [2.05, 4.69) is 31.0 Å². The number of aromatic nitrogens is 3. The number of phenols is 1. The van der Waals surface area contributed by atoms with Crippen molar-refractivity contribution in [3.8, 4) is 41.1 Å². The molecule has 4 aliphatic heterocycles. The van der Waals surface area contributed by atoms with Crippen LogP contribution in [-0.2, 0) is 4.79 Å². The molecule has 4 amide bonds. The van der Waals surface area contributed by atoms with Gasteiger partial charge in [0.15, 0.2) is 5.82 Å². The maximum Gasteiger partial charge on any atom is 0.328 e. The van der Waals surface area contributed by atoms with Gasteiger partial charge in [-0.05, 0) is 124 Å². The molecule has 2 aliphatic carbocycles. The van der Waals surface area contributed by atoms with E-state index in [1.54, 1.807) is 25.1 Å². The number of amides is 4. The summed E-state index contributed by atoms with van der Waals surface area (Å²) in [6, 6.07) is 10.1. The first kappa shape index (κ1) is 50.5. The lowest BCUT2D eigenvalue weighted by molar-refractivity contribution is -0.120. The van der Waals surface area contributed by atoms with Gasteiger partial charge in [0.2, 0.25) is 5.91 Å². The average molecular weight is 1030 g/mol. The molecule has 0 radical (unpaired) electrons. The number of carbonyl (C=O) groups excluding carboxylic acids is 3. The van der Waals surface area contributed by atoms with Crippen LogP contribution in [0.5, 0.6) is 17.5 Å². The van der Waals surface area contributed by atoms with Gasteiger partial charge in [-0.2, -0.15) is 9.97 Å². The number of anilines is 2. The molecule has 1 atom stereocenters. The van der Waals surface area contributed by atoms with Gasteiger partial charge in [-0.1, -0.05) is 12.0 Å². The molecule has 18 heteroatoms. The fraction of sp³-hybridized carbons (Fsp3) is 0.509. The Kier molecular flexibility index (Phi) is 13.5. The van der Waals surface area contributed by atoms with E-state index in [4.69, 9.17) is 20.9 Å². The number of hydrogen-bond acceptors (Lipinski definition) is 13. The van der Waals surface area contributed by atoms with Crippen molar-refractivity contribution in [2.75, 3.05) is 95.5 Å². The van der Waals surface area contributed by atoms with E-state index < -0.39 is 23.3 Å². The number of carbonyl (C=O) groups is 3. The van der Waals surface area contributed by atoms with Crippen LogP contribution in [0.1, 0.15) is 93.5 Å². The number of aromatic hydroxyl groups is 1. The van der Waals surface area contributed by atoms with Gasteiger partial charge >= 0.3 is 12.0 Å². The summed E-state index contributed by atoms with van der Waals surface area (Å²) in [5.74, 6) is 1.94. The lowest BCUT2D eigenvalue weighted by Gasteiger charge is -2.47. The van der Waals surface area contributed by atoms with Gasteiger partial charge in [0.1, 0.15) is 34.3 Å². The van der Waals surface area contributed by atoms with Gasteiger partial charge in [-0.3, -0.25) is 24.8 Å². The molecule has 394 valence electrons. The van der Waals surface area contributed by atoms with Crippen molar-refractivity contribution >= 4 is 51.0 Å². The summed E-state index contributed by atoms with van der Waals surface area (Å²) in [4.78, 5) is 62.7. The van der Waals surface area contributed by atoms with Crippen molar-refractivity contribution in [2.45, 2.75) is 83.2 Å². The molecule has 2 aromatic heterocycles. The van der Waals surface area contributed by atoms with Gasteiger partial charge in [0.25, 0.3) is 5.91 Å². The maximum atomic E-state index is 17.1. The molecule has 6 aliphatic rings. The molecule has 0 bridgehead atoms. The third-order valence-electron chi connectivity index (χ3n) is 17.1. The number of nitrogens with zero attached hydrogens (tertiary/aromatic N) is 8. The minimum Gasteiger partial charge on any atom is -0.508 e. The van der Waals surface area contributed by atoms with E-state index in [9.17, 15) is 24.6 Å². The van der Waals surface area contributed by atoms with Gasteiger partial charge in [-0.15, -0.1) is 6.42 Å². The normalized spacial score (nSPS) is 22.4. The summed E-state index contributed by atoms with van der Waals surface area (Å²) in [5, 5.41) is 25.2. The highest BCUT2D eigenvalue weighted by Crippen LogP contribution is 2.49. The van der Waals surface area contributed by atoms with Crippen LogP contribution in [0.25, 0.3) is 32.9 Å². The molecular weight excluding hydrogens is 961 g/mol. The number of piperidine rings is 2. The summed E-state index contributed by atoms with van der Waals surface area (Å²) < 4.78 is 44.1. The van der Waals surface area contributed by atoms with E-state index in [1.807, 2.05) is 9.80 Å². The Morgan fingerprint density at radius 3 is 2.39 bits per heavy atom. The van der Waals surface area contributed by atoms with Gasteiger partial charge in [0.05, 0.1) is 36.0 Å². The molecule has 75 heavy (non-hydrogen) atoms. The van der Waals surface area contributed by atoms with E-state index >= 15 is 8.78 Å². The summed E-state index contributed by atoms with van der Waals surface area (Å²) in [6.07, 6.45) is 17.4. The third-order valence-corrected chi connectivity index (χ3v) is 17.1. The van der Waals surface area contributed by atoms with Gasteiger partial charge in [-0.25, -0.2) is 13.6 Å². The molecule has 3 aromatic carbocycles. The number of phenolic OH excluding ortho intramolecular Hbond substituents is 1. The van der Waals surface area contributed by atoms with E-state index in [0.29, 0.717) is 78.6 Å². The van der Waals surface area contributed by atoms with Crippen molar-refractivity contribution in [1.82, 2.24) is 35.0 Å². The predicted octanol–water partition coefficient (Wildman–Crippen LogP) is 7.51. The van der Waals surface area contributed by atoms with E-state index in [-0.39, 0.29) is 81.6 Å². The first-order valence-electron chi connectivity index (χ1n) is 26.5. The van der Waals surface area contributed by atoms with Crippen molar-refractivity contribution in [3.05, 3.63) is 71.4 Å². The molecule has 6 fully saturated rings. The monoisotopic (exact) mass is 1030 g/mol. The number of likely N-dealkylation sites (tertiary alicyclic amines) is 1. The van der Waals surface area contributed by atoms with Crippen molar-refractivity contribution in [3.63, 3.8) is 0 Å². The Morgan fingerprint density at radius 2 is 1.68 bits per heavy atom. The number of piperazine rings is 1. The zero-order valence-corrected chi connectivity index (χ0v) is 42.8. The summed E-state index contributed by atoms with van der Waals surface area (Å²) in [6.45, 7) is 10.5. The van der Waals surface area contributed by atoms with Crippen LogP contribution in [0.15, 0.2) is 48.7 Å². The molecule has 6 heterocycles. The largest absolute Gasteiger partial charge is 0.508 e. The highest BCUT2D eigenvalue weighted by Gasteiger charge is 2.46. The number of aliphatic hydroxyl groups is 1. The highest BCUT2D eigenvalue weighted by molar-refractivity contribution is 6.07. The number of fused-ring (bicyclic) bond motifs is 2. The number of hydrogen-bond donors (Lipinski definition) is 3. The molecule has 2 saturated carbocycles. The molecular formula is C57H65F2N9O7. The second kappa shape index (κ2) is 20.1. The standard InChI is InChI=1S/C57H65F2N9O7/c1-4-40-43(58)8-6-37-28-39(69)30-41(47(37)40)49-48(59)50-42(31-60-49)51(67-20-5-13-55(2,73)33-67)63-53(62-50)75-35-57(16-17-57)34-65-26-24-64(25-27-65)32-36-10-14-56(15-11-36)18-22-66(23-19-56)52(71)38-7-9-45(74-3)44(29-38)68-21-12-46(70)61-54(68)72/h1,6-9,28-31,36,69,73H,5,10-27,32-35H2,2-3H3,(H,61,70,72)/t55-/m1/s1. The first-order valence-corrected chi connectivity index (χ1v) is 26.5. The summed E-state index contributed by atoms with van der Waals surface area (Å²) in [7, 11) is 1.52. The van der Waals surface area contributed by atoms with Crippen LogP contribution in [0, 0.1) is 40.7 Å². The first-order chi connectivity index (χ1) is 36.1. The molecule has 0 unspecified atom stereocenters.